The molecule has 0 bridgehead atoms. The molecule has 1 N–H and O–H groups in total. The van der Waals surface area contributed by atoms with E-state index in [4.69, 9.17) is 0 Å². The fourth-order valence-corrected chi connectivity index (χ4v) is 4.96. The molecule has 0 spiro atoms. The summed E-state index contributed by atoms with van der Waals surface area (Å²) in [7, 11) is -3.23. The van der Waals surface area contributed by atoms with E-state index >= 15 is 0 Å². The molecule has 144 valence electrons. The van der Waals surface area contributed by atoms with E-state index in [0.717, 1.165) is 12.8 Å². The summed E-state index contributed by atoms with van der Waals surface area (Å²) < 4.78 is 25.8. The number of carbonyl (C=O) groups excluding carboxylic acids is 1. The topological polar surface area (TPSA) is 66.5 Å². The molecule has 1 amide bonds. The van der Waals surface area contributed by atoms with Crippen LogP contribution in [0.3, 0.4) is 0 Å². The van der Waals surface area contributed by atoms with E-state index in [1.54, 1.807) is 24.3 Å². The van der Waals surface area contributed by atoms with Crippen molar-refractivity contribution in [3.8, 4) is 0 Å². The van der Waals surface area contributed by atoms with Crippen LogP contribution in [0.5, 0.6) is 0 Å². The molecule has 1 fully saturated rings. The lowest BCUT2D eigenvalue weighted by Gasteiger charge is -2.28. The second-order valence-electron chi connectivity index (χ2n) is 7.15. The summed E-state index contributed by atoms with van der Waals surface area (Å²) in [6, 6.07) is 17.0. The van der Waals surface area contributed by atoms with Crippen molar-refractivity contribution >= 4 is 21.6 Å². The Morgan fingerprint density at radius 1 is 1.07 bits per heavy atom. The maximum atomic E-state index is 12.4. The number of carbonyl (C=O) groups is 1. The maximum Gasteiger partial charge on any atom is 0.251 e. The third-order valence-electron chi connectivity index (χ3n) is 4.80. The van der Waals surface area contributed by atoms with Gasteiger partial charge in [-0.2, -0.15) is 0 Å². The molecule has 0 aliphatic carbocycles. The standard InChI is InChI=1S/C21H26N2O3S/c1-17(15-18-7-3-2-4-8-18)16-22-21(24)19-9-11-20(12-10-19)23-13-5-6-14-27(23,25)26/h2-4,7-12,17H,5-6,13-16H2,1H3,(H,22,24). The Kier molecular flexibility index (Phi) is 6.16. The Balaban J connectivity index is 1.56. The van der Waals surface area contributed by atoms with E-state index in [9.17, 15) is 13.2 Å². The van der Waals surface area contributed by atoms with Crippen molar-refractivity contribution < 1.29 is 13.2 Å². The molecule has 1 saturated heterocycles. The van der Waals surface area contributed by atoms with Crippen LogP contribution in [0.4, 0.5) is 5.69 Å². The highest BCUT2D eigenvalue weighted by molar-refractivity contribution is 7.92. The van der Waals surface area contributed by atoms with Crippen molar-refractivity contribution in [3.63, 3.8) is 0 Å². The Hall–Kier alpha value is -2.34. The van der Waals surface area contributed by atoms with Gasteiger partial charge < -0.3 is 5.32 Å². The van der Waals surface area contributed by atoms with E-state index < -0.39 is 10.0 Å². The number of amides is 1. The van der Waals surface area contributed by atoms with Gasteiger partial charge in [-0.15, -0.1) is 0 Å². The zero-order valence-corrected chi connectivity index (χ0v) is 16.4. The van der Waals surface area contributed by atoms with Crippen molar-refractivity contribution in [2.75, 3.05) is 23.1 Å². The predicted octanol–water partition coefficient (Wildman–Crippen LogP) is 3.23. The number of sulfonamides is 1. The van der Waals surface area contributed by atoms with E-state index in [2.05, 4.69) is 24.4 Å². The first-order chi connectivity index (χ1) is 13.0. The van der Waals surface area contributed by atoms with Crippen molar-refractivity contribution in [2.45, 2.75) is 26.2 Å². The molecule has 6 heteroatoms. The first kappa shape index (κ1) is 19.4. The second kappa shape index (κ2) is 8.57. The average molecular weight is 387 g/mol. The van der Waals surface area contributed by atoms with Crippen LogP contribution in [0.25, 0.3) is 0 Å². The third-order valence-corrected chi connectivity index (χ3v) is 6.67. The molecule has 3 rings (SSSR count). The van der Waals surface area contributed by atoms with E-state index in [1.807, 2.05) is 18.2 Å². The van der Waals surface area contributed by atoms with Crippen LogP contribution in [0.1, 0.15) is 35.7 Å². The lowest BCUT2D eigenvalue weighted by molar-refractivity contribution is 0.0948. The Morgan fingerprint density at radius 2 is 1.78 bits per heavy atom. The molecule has 27 heavy (non-hydrogen) atoms. The van der Waals surface area contributed by atoms with Gasteiger partial charge in [-0.05, 0) is 55.0 Å². The molecular weight excluding hydrogens is 360 g/mol. The van der Waals surface area contributed by atoms with Gasteiger partial charge >= 0.3 is 0 Å². The van der Waals surface area contributed by atoms with Gasteiger partial charge in [0.05, 0.1) is 11.4 Å². The van der Waals surface area contributed by atoms with Gasteiger partial charge in [0, 0.05) is 18.7 Å². The van der Waals surface area contributed by atoms with Crippen LogP contribution in [0.15, 0.2) is 54.6 Å². The Labute approximate surface area is 161 Å². The van der Waals surface area contributed by atoms with Crippen molar-refractivity contribution in [1.82, 2.24) is 5.32 Å². The highest BCUT2D eigenvalue weighted by Crippen LogP contribution is 2.23. The summed E-state index contributed by atoms with van der Waals surface area (Å²) in [5.74, 6) is 0.381. The minimum atomic E-state index is -3.23. The molecule has 5 nitrogen and oxygen atoms in total. The van der Waals surface area contributed by atoms with Crippen LogP contribution in [0, 0.1) is 5.92 Å². The molecule has 2 aromatic carbocycles. The maximum absolute atomic E-state index is 12.4. The molecule has 0 aromatic heterocycles. The summed E-state index contributed by atoms with van der Waals surface area (Å²) >= 11 is 0. The van der Waals surface area contributed by atoms with Gasteiger partial charge in [-0.3, -0.25) is 9.10 Å². The van der Waals surface area contributed by atoms with Crippen molar-refractivity contribution in [2.24, 2.45) is 5.92 Å². The average Bonchev–Trinajstić information content (AvgIpc) is 2.67. The van der Waals surface area contributed by atoms with Crippen molar-refractivity contribution in [1.29, 1.82) is 0 Å². The van der Waals surface area contributed by atoms with E-state index in [0.29, 0.717) is 36.7 Å². The highest BCUT2D eigenvalue weighted by Gasteiger charge is 2.26. The minimum absolute atomic E-state index is 0.136. The highest BCUT2D eigenvalue weighted by atomic mass is 32.2. The SMILES string of the molecule is CC(CNC(=O)c1ccc(N2CCCCS2(=O)=O)cc1)Cc1ccccc1. The van der Waals surface area contributed by atoms with Gasteiger partial charge in [-0.25, -0.2) is 8.42 Å². The predicted molar refractivity (Wildman–Crippen MR) is 108 cm³/mol. The van der Waals surface area contributed by atoms with Crippen LogP contribution < -0.4 is 9.62 Å². The fraction of sp³-hybridized carbons (Fsp3) is 0.381. The first-order valence-electron chi connectivity index (χ1n) is 9.38. The zero-order valence-electron chi connectivity index (χ0n) is 15.6. The number of nitrogens with zero attached hydrogens (tertiary/aromatic N) is 1. The normalized spacial score (nSPS) is 17.3. The zero-order chi connectivity index (χ0) is 19.3. The molecule has 1 unspecified atom stereocenters. The molecule has 2 aromatic rings. The van der Waals surface area contributed by atoms with E-state index in [1.165, 1.54) is 9.87 Å². The second-order valence-corrected chi connectivity index (χ2v) is 9.16. The Morgan fingerprint density at radius 3 is 2.44 bits per heavy atom. The number of benzene rings is 2. The van der Waals surface area contributed by atoms with Gasteiger partial charge in [0.2, 0.25) is 10.0 Å². The smallest absolute Gasteiger partial charge is 0.251 e. The summed E-state index contributed by atoms with van der Waals surface area (Å²) in [6.45, 7) is 3.21. The van der Waals surface area contributed by atoms with Crippen molar-refractivity contribution in [3.05, 3.63) is 65.7 Å². The molecule has 0 radical (unpaired) electrons. The van der Waals surface area contributed by atoms with Crippen LogP contribution >= 0.6 is 0 Å². The monoisotopic (exact) mass is 386 g/mol. The Bertz CT molecular complexity index is 864. The summed E-state index contributed by atoms with van der Waals surface area (Å²) in [4.78, 5) is 12.4. The van der Waals surface area contributed by atoms with Crippen LogP contribution in [-0.2, 0) is 16.4 Å². The van der Waals surface area contributed by atoms with Gasteiger partial charge in [0.25, 0.3) is 5.91 Å². The molecular formula is C21H26N2O3S. The minimum Gasteiger partial charge on any atom is -0.352 e. The van der Waals surface area contributed by atoms with Crippen LogP contribution in [-0.4, -0.2) is 33.2 Å². The molecule has 1 aliphatic rings. The number of hydrogen-bond acceptors (Lipinski definition) is 3. The number of anilines is 1. The molecule has 0 saturated carbocycles. The molecule has 1 heterocycles. The number of hydrogen-bond donors (Lipinski definition) is 1. The van der Waals surface area contributed by atoms with Crippen LogP contribution in [0.2, 0.25) is 0 Å². The van der Waals surface area contributed by atoms with Gasteiger partial charge in [0.15, 0.2) is 0 Å². The quantitative estimate of drug-likeness (QED) is 0.829. The lowest BCUT2D eigenvalue weighted by Crippen LogP contribution is -2.37. The van der Waals surface area contributed by atoms with Gasteiger partial charge in [0.1, 0.15) is 0 Å². The fourth-order valence-electron chi connectivity index (χ4n) is 3.32. The summed E-state index contributed by atoms with van der Waals surface area (Å²) in [6.07, 6.45) is 2.48. The first-order valence-corrected chi connectivity index (χ1v) is 11.0. The number of nitrogens with one attached hydrogen (secondary N) is 1. The largest absolute Gasteiger partial charge is 0.352 e. The molecule has 1 aliphatic heterocycles. The number of rotatable bonds is 6. The lowest BCUT2D eigenvalue weighted by atomic mass is 10.0. The van der Waals surface area contributed by atoms with Gasteiger partial charge in [-0.1, -0.05) is 37.3 Å². The third kappa shape index (κ3) is 5.10. The molecule has 1 atom stereocenters. The summed E-state index contributed by atoms with van der Waals surface area (Å²) in [5.41, 5.74) is 2.43. The van der Waals surface area contributed by atoms with E-state index in [-0.39, 0.29) is 11.7 Å². The summed E-state index contributed by atoms with van der Waals surface area (Å²) in [5, 5.41) is 2.96.